The van der Waals surface area contributed by atoms with Crippen LogP contribution in [-0.2, 0) is 14.8 Å². The summed E-state index contributed by atoms with van der Waals surface area (Å²) in [5, 5.41) is 5.01. The van der Waals surface area contributed by atoms with Crippen molar-refractivity contribution in [1.29, 1.82) is 0 Å². The average Bonchev–Trinajstić information content (AvgIpc) is 3.32. The lowest BCUT2D eigenvalue weighted by molar-refractivity contribution is 0.00578. The van der Waals surface area contributed by atoms with Gasteiger partial charge in [0.2, 0.25) is 0 Å². The Hall–Kier alpha value is -3.15. The lowest BCUT2D eigenvalue weighted by Gasteiger charge is -2.37. The summed E-state index contributed by atoms with van der Waals surface area (Å²) in [5.41, 5.74) is 3.89. The van der Waals surface area contributed by atoms with Crippen molar-refractivity contribution in [2.75, 3.05) is 0 Å². The summed E-state index contributed by atoms with van der Waals surface area (Å²) in [5.74, 6) is 0. The van der Waals surface area contributed by atoms with Gasteiger partial charge >= 0.3 is 7.12 Å². The molecule has 0 amide bonds. The van der Waals surface area contributed by atoms with Crippen LogP contribution in [0.4, 0.5) is 0 Å². The van der Waals surface area contributed by atoms with Crippen molar-refractivity contribution in [2.24, 2.45) is 0 Å². The molecule has 5 rings (SSSR count). The van der Waals surface area contributed by atoms with Crippen LogP contribution >= 0.6 is 0 Å². The number of hydrogen-bond acceptors (Lipinski definition) is 3. The summed E-state index contributed by atoms with van der Waals surface area (Å²) in [6, 6.07) is 31.7. The third-order valence-corrected chi connectivity index (χ3v) is 7.45. The maximum atomic E-state index is 6.40. The summed E-state index contributed by atoms with van der Waals surface area (Å²) in [6.07, 6.45) is 1.90. The van der Waals surface area contributed by atoms with E-state index in [4.69, 9.17) is 14.4 Å². The molecule has 0 radical (unpaired) electrons. The topological polar surface area (TPSA) is 36.3 Å². The Labute approximate surface area is 202 Å². The maximum Gasteiger partial charge on any atom is 0.498 e. The fraction of sp³-hybridized carbons (Fsp3) is 0.276. The van der Waals surface area contributed by atoms with E-state index in [1.165, 1.54) is 0 Å². The zero-order valence-corrected chi connectivity index (χ0v) is 20.5. The normalized spacial score (nSPS) is 17.1. The van der Waals surface area contributed by atoms with Gasteiger partial charge in [-0.05, 0) is 51.3 Å². The second-order valence-electron chi connectivity index (χ2n) is 9.99. The van der Waals surface area contributed by atoms with Crippen molar-refractivity contribution >= 4 is 12.6 Å². The lowest BCUT2D eigenvalue weighted by atomic mass is 9.75. The molecule has 5 heteroatoms. The van der Waals surface area contributed by atoms with Crippen LogP contribution < -0.4 is 5.46 Å². The van der Waals surface area contributed by atoms with Gasteiger partial charge in [0.25, 0.3) is 0 Å². The van der Waals surface area contributed by atoms with Crippen LogP contribution in [0.3, 0.4) is 0 Å². The Morgan fingerprint density at radius 1 is 0.676 bits per heavy atom. The van der Waals surface area contributed by atoms with Gasteiger partial charge in [-0.3, -0.25) is 4.68 Å². The average molecular weight is 450 g/mol. The molecule has 0 N–H and O–H groups in total. The quantitative estimate of drug-likeness (QED) is 0.305. The van der Waals surface area contributed by atoms with Crippen LogP contribution in [0.5, 0.6) is 0 Å². The standard InChI is InChI=1S/C29H31BN2O2/c1-22-26(30-33-27(2,3)28(4,5)34-30)21-31-32(22)29(23-15-9-6-10-16-23,24-17-11-7-12-18-24)25-19-13-8-14-20-25/h6-21H,1-5H3. The summed E-state index contributed by atoms with van der Waals surface area (Å²) < 4.78 is 14.9. The van der Waals surface area contributed by atoms with Gasteiger partial charge in [0.15, 0.2) is 0 Å². The molecule has 1 aliphatic heterocycles. The molecule has 3 aromatic carbocycles. The predicted octanol–water partition coefficient (Wildman–Crippen LogP) is 5.33. The van der Waals surface area contributed by atoms with Crippen molar-refractivity contribution in [2.45, 2.75) is 51.4 Å². The number of benzene rings is 3. The van der Waals surface area contributed by atoms with Crippen molar-refractivity contribution in [3.8, 4) is 0 Å². The minimum atomic E-state index is -0.657. The molecular formula is C29H31BN2O2. The summed E-state index contributed by atoms with van der Waals surface area (Å²) in [6.45, 7) is 10.4. The van der Waals surface area contributed by atoms with Crippen LogP contribution in [0.15, 0.2) is 97.2 Å². The SMILES string of the molecule is Cc1c(B2OC(C)(C)C(C)(C)O2)cnn1C(c1ccccc1)(c1ccccc1)c1ccccc1. The first kappa shape index (κ1) is 22.6. The molecule has 0 bridgehead atoms. The lowest BCUT2D eigenvalue weighted by Crippen LogP contribution is -2.41. The molecule has 4 aromatic rings. The van der Waals surface area contributed by atoms with E-state index in [0.717, 1.165) is 27.8 Å². The van der Waals surface area contributed by atoms with Gasteiger partial charge in [0, 0.05) is 17.4 Å². The van der Waals surface area contributed by atoms with Crippen molar-refractivity contribution in [1.82, 2.24) is 9.78 Å². The van der Waals surface area contributed by atoms with Crippen LogP contribution in [0.25, 0.3) is 0 Å². The highest BCUT2D eigenvalue weighted by Gasteiger charge is 2.53. The van der Waals surface area contributed by atoms with Gasteiger partial charge in [-0.25, -0.2) is 0 Å². The molecule has 1 aromatic heterocycles. The number of aromatic nitrogens is 2. The Morgan fingerprint density at radius 2 is 1.06 bits per heavy atom. The summed E-state index contributed by atoms with van der Waals surface area (Å²) >= 11 is 0. The fourth-order valence-electron chi connectivity index (χ4n) is 4.87. The van der Waals surface area contributed by atoms with Gasteiger partial charge in [-0.2, -0.15) is 5.10 Å². The Morgan fingerprint density at radius 3 is 1.44 bits per heavy atom. The Bertz CT molecular complexity index is 1150. The molecule has 2 heterocycles. The van der Waals surface area contributed by atoms with E-state index in [9.17, 15) is 0 Å². The highest BCUT2D eigenvalue weighted by atomic mass is 16.7. The Balaban J connectivity index is 1.77. The second-order valence-corrected chi connectivity index (χ2v) is 9.99. The minimum Gasteiger partial charge on any atom is -0.399 e. The zero-order chi connectivity index (χ0) is 24.0. The molecule has 0 spiro atoms. The molecule has 4 nitrogen and oxygen atoms in total. The largest absolute Gasteiger partial charge is 0.498 e. The van der Waals surface area contributed by atoms with E-state index >= 15 is 0 Å². The molecule has 0 aliphatic carbocycles. The van der Waals surface area contributed by atoms with Crippen LogP contribution in [0.2, 0.25) is 0 Å². The molecule has 1 aliphatic rings. The molecule has 172 valence electrons. The number of rotatable bonds is 5. The van der Waals surface area contributed by atoms with Crippen molar-refractivity contribution < 1.29 is 9.31 Å². The van der Waals surface area contributed by atoms with Crippen LogP contribution in [0.1, 0.15) is 50.1 Å². The maximum absolute atomic E-state index is 6.40. The predicted molar refractivity (Wildman–Crippen MR) is 137 cm³/mol. The third kappa shape index (κ3) is 3.42. The number of hydrogen-bond donors (Lipinski definition) is 0. The van der Waals surface area contributed by atoms with Crippen LogP contribution in [-0.4, -0.2) is 28.1 Å². The highest BCUT2D eigenvalue weighted by molar-refractivity contribution is 6.62. The van der Waals surface area contributed by atoms with E-state index < -0.39 is 23.9 Å². The van der Waals surface area contributed by atoms with E-state index in [-0.39, 0.29) is 0 Å². The van der Waals surface area contributed by atoms with Gasteiger partial charge in [-0.15, -0.1) is 0 Å². The summed E-state index contributed by atoms with van der Waals surface area (Å²) in [4.78, 5) is 0. The molecule has 0 saturated carbocycles. The summed E-state index contributed by atoms with van der Waals surface area (Å²) in [7, 11) is -0.473. The van der Waals surface area contributed by atoms with Gasteiger partial charge in [-0.1, -0.05) is 91.0 Å². The van der Waals surface area contributed by atoms with Gasteiger partial charge in [0.1, 0.15) is 5.54 Å². The molecule has 0 unspecified atom stereocenters. The zero-order valence-electron chi connectivity index (χ0n) is 20.5. The van der Waals surface area contributed by atoms with Gasteiger partial charge < -0.3 is 9.31 Å². The molecular weight excluding hydrogens is 419 g/mol. The van der Waals surface area contributed by atoms with E-state index in [1.54, 1.807) is 0 Å². The van der Waals surface area contributed by atoms with Crippen molar-refractivity contribution in [3.63, 3.8) is 0 Å². The van der Waals surface area contributed by atoms with Crippen molar-refractivity contribution in [3.05, 3.63) is 120 Å². The fourth-order valence-corrected chi connectivity index (χ4v) is 4.87. The number of nitrogens with zero attached hydrogens (tertiary/aromatic N) is 2. The molecule has 1 fully saturated rings. The highest BCUT2D eigenvalue weighted by Crippen LogP contribution is 2.41. The first-order chi connectivity index (χ1) is 16.3. The van der Waals surface area contributed by atoms with Gasteiger partial charge in [0.05, 0.1) is 11.2 Å². The van der Waals surface area contributed by atoms with E-state index in [1.807, 2.05) is 6.20 Å². The second kappa shape index (κ2) is 8.26. The van der Waals surface area contributed by atoms with E-state index in [2.05, 4.69) is 130 Å². The van der Waals surface area contributed by atoms with E-state index in [0.29, 0.717) is 0 Å². The monoisotopic (exact) mass is 450 g/mol. The van der Waals surface area contributed by atoms with Crippen LogP contribution in [0, 0.1) is 6.92 Å². The molecule has 1 saturated heterocycles. The first-order valence-corrected chi connectivity index (χ1v) is 11.8. The smallest absolute Gasteiger partial charge is 0.399 e. The minimum absolute atomic E-state index is 0.415. The third-order valence-electron chi connectivity index (χ3n) is 7.45. The molecule has 0 atom stereocenters. The first-order valence-electron chi connectivity index (χ1n) is 11.8. The molecule has 34 heavy (non-hydrogen) atoms. The Kier molecular flexibility index (Phi) is 5.50.